The van der Waals surface area contributed by atoms with E-state index in [0.717, 1.165) is 22.3 Å². The van der Waals surface area contributed by atoms with E-state index in [-0.39, 0.29) is 37.7 Å². The molecule has 15 heteroatoms. The number of nitrogens with zero attached hydrogens (tertiary/aromatic N) is 3. The lowest BCUT2D eigenvalue weighted by molar-refractivity contribution is -0.141. The number of methoxy groups -OCH3 is 6. The van der Waals surface area contributed by atoms with Crippen LogP contribution in [-0.4, -0.2) is 82.8 Å². The molecule has 8 rings (SSSR count). The number of esters is 1. The minimum Gasteiger partial charge on any atom is -0.493 e. The van der Waals surface area contributed by atoms with Gasteiger partial charge < -0.3 is 47.4 Å². The maximum absolute atomic E-state index is 13.7. The Bertz CT molecular complexity index is 2380. The number of hydrogen-bond acceptors (Lipinski definition) is 14. The van der Waals surface area contributed by atoms with Crippen LogP contribution in [0.3, 0.4) is 0 Å². The molecule has 4 aromatic carbocycles. The molecular weight excluding hydrogens is 750 g/mol. The highest BCUT2D eigenvalue weighted by Gasteiger charge is 2.53. The molecule has 0 bridgehead atoms. The van der Waals surface area contributed by atoms with Crippen LogP contribution < -0.4 is 42.6 Å². The number of allylic oxidation sites excluding steroid dienone is 1. The lowest BCUT2D eigenvalue weighted by Gasteiger charge is -2.39. The summed E-state index contributed by atoms with van der Waals surface area (Å²) in [5, 5.41) is 8.99. The molecule has 3 heterocycles. The Morgan fingerprint density at radius 1 is 0.759 bits per heavy atom. The summed E-state index contributed by atoms with van der Waals surface area (Å²) in [4.78, 5) is 26.8. The van der Waals surface area contributed by atoms with Crippen molar-refractivity contribution in [1.82, 2.24) is 15.0 Å². The average molecular weight is 792 g/mol. The molecule has 2 aliphatic heterocycles. The Kier molecular flexibility index (Phi) is 10.4. The monoisotopic (exact) mass is 791 g/mol. The summed E-state index contributed by atoms with van der Waals surface area (Å²) in [5.74, 6) is 2.54. The Balaban J connectivity index is 1.06. The van der Waals surface area contributed by atoms with Gasteiger partial charge in [0.1, 0.15) is 12.3 Å². The van der Waals surface area contributed by atoms with Gasteiger partial charge in [0.05, 0.1) is 67.4 Å². The number of carbonyl (C=O) groups excluding carboxylic acids is 2. The highest BCUT2D eigenvalue weighted by Crippen LogP contribution is 2.56. The summed E-state index contributed by atoms with van der Waals surface area (Å²) in [5.41, 5.74) is 4.21. The fourth-order valence-electron chi connectivity index (χ4n) is 7.99. The van der Waals surface area contributed by atoms with Crippen LogP contribution in [0.15, 0.2) is 72.9 Å². The quantitative estimate of drug-likeness (QED) is 0.0727. The van der Waals surface area contributed by atoms with E-state index in [1.165, 1.54) is 13.2 Å². The molecule has 1 fully saturated rings. The molecule has 0 spiro atoms. The zero-order chi connectivity index (χ0) is 40.5. The maximum atomic E-state index is 13.7. The number of ketones is 1. The number of hydrogen-bond donors (Lipinski definition) is 0. The minimum atomic E-state index is -0.594. The Labute approximate surface area is 333 Å². The number of cyclic esters (lactones) is 1. The van der Waals surface area contributed by atoms with Crippen molar-refractivity contribution in [3.05, 3.63) is 106 Å². The summed E-state index contributed by atoms with van der Waals surface area (Å²) in [6.45, 7) is 0.285. The molecule has 0 N–H and O–H groups in total. The van der Waals surface area contributed by atoms with Crippen molar-refractivity contribution in [1.29, 1.82) is 0 Å². The van der Waals surface area contributed by atoms with Crippen LogP contribution in [0.5, 0.6) is 51.7 Å². The minimum absolute atomic E-state index is 0.0428. The summed E-state index contributed by atoms with van der Waals surface area (Å²) in [7, 11) is 9.27. The van der Waals surface area contributed by atoms with Crippen LogP contribution >= 0.6 is 0 Å². The van der Waals surface area contributed by atoms with Crippen molar-refractivity contribution in [2.45, 2.75) is 18.6 Å². The summed E-state index contributed by atoms with van der Waals surface area (Å²) < 4.78 is 58.6. The zero-order valence-electron chi connectivity index (χ0n) is 32.7. The number of rotatable bonds is 14. The second-order valence-corrected chi connectivity index (χ2v) is 13.7. The largest absolute Gasteiger partial charge is 0.493 e. The van der Waals surface area contributed by atoms with E-state index in [0.29, 0.717) is 63.0 Å². The molecule has 0 amide bonds. The fraction of sp³-hybridized carbons (Fsp3) is 0.302. The molecule has 1 aliphatic carbocycles. The molecule has 5 aromatic rings. The second-order valence-electron chi connectivity index (χ2n) is 13.7. The van der Waals surface area contributed by atoms with Crippen molar-refractivity contribution < 1.29 is 57.0 Å². The fourth-order valence-corrected chi connectivity index (χ4v) is 7.99. The van der Waals surface area contributed by atoms with Gasteiger partial charge in [-0.05, 0) is 82.9 Å². The normalized spacial score (nSPS) is 18.9. The van der Waals surface area contributed by atoms with Gasteiger partial charge in [-0.25, -0.2) is 4.68 Å². The van der Waals surface area contributed by atoms with Gasteiger partial charge in [0, 0.05) is 17.4 Å². The first-order valence-corrected chi connectivity index (χ1v) is 18.3. The van der Waals surface area contributed by atoms with Crippen LogP contribution in [0.25, 0.3) is 6.08 Å². The van der Waals surface area contributed by atoms with E-state index in [4.69, 9.17) is 47.4 Å². The predicted molar refractivity (Wildman–Crippen MR) is 207 cm³/mol. The number of benzene rings is 4. The third kappa shape index (κ3) is 6.82. The molecule has 300 valence electrons. The Morgan fingerprint density at radius 3 is 2.12 bits per heavy atom. The molecule has 0 saturated carbocycles. The van der Waals surface area contributed by atoms with E-state index < -0.39 is 17.9 Å². The van der Waals surface area contributed by atoms with Crippen molar-refractivity contribution in [3.63, 3.8) is 0 Å². The van der Waals surface area contributed by atoms with Gasteiger partial charge >= 0.3 is 5.97 Å². The molecule has 0 radical (unpaired) electrons. The molecule has 1 aromatic heterocycles. The molecule has 4 atom stereocenters. The topological polar surface area (TPSA) is 157 Å². The number of aromatic nitrogens is 3. The number of fused-ring (bicyclic) bond motifs is 3. The van der Waals surface area contributed by atoms with E-state index in [1.807, 2.05) is 30.3 Å². The molecular formula is C43H41N3O12. The van der Waals surface area contributed by atoms with Crippen LogP contribution in [0.2, 0.25) is 0 Å². The van der Waals surface area contributed by atoms with Gasteiger partial charge in [-0.15, -0.1) is 5.10 Å². The van der Waals surface area contributed by atoms with Crippen LogP contribution in [0.1, 0.15) is 50.3 Å². The highest BCUT2D eigenvalue weighted by molar-refractivity contribution is 6.07. The van der Waals surface area contributed by atoms with Gasteiger partial charge in [-0.3, -0.25) is 9.59 Å². The Morgan fingerprint density at radius 2 is 1.43 bits per heavy atom. The van der Waals surface area contributed by atoms with Gasteiger partial charge in [0.2, 0.25) is 12.5 Å². The lowest BCUT2D eigenvalue weighted by Crippen LogP contribution is -2.37. The molecule has 1 saturated heterocycles. The van der Waals surface area contributed by atoms with Gasteiger partial charge in [-0.1, -0.05) is 17.4 Å². The maximum Gasteiger partial charge on any atom is 0.310 e. The zero-order valence-corrected chi connectivity index (χ0v) is 32.7. The average Bonchev–Trinajstić information content (AvgIpc) is 4.02. The SMILES string of the molecule is COc1ccc(/C=C/C(=O)c2ccc(OCc3cn([C@@H]4c5cc6c(cc5[C@@H](c5cc(OC)c(OC)c(OC)c5)[C@H]5C(=O)OC[C@@H]54)OCO6)nn3)c(OC)c2)cc1OC. The lowest BCUT2D eigenvalue weighted by atomic mass is 9.65. The smallest absolute Gasteiger partial charge is 0.310 e. The standard InChI is InChI=1S/C43H41N3O12/c1-49-31-11-8-23(13-33(31)50-2)7-10-30(47)24-9-12-32(34(14-24)51-3)55-20-26-19-46(45-44-26)41-28-18-36-35(57-22-58-36)17-27(28)39(40-29(41)21-56-43(40)48)25-15-37(52-4)42(54-6)38(16-25)53-5/h7-19,29,39-41H,20-22H2,1-6H3/b10-7+/t29-,39+,40-,41+/m0/s1. The first-order chi connectivity index (χ1) is 28.3. The van der Waals surface area contributed by atoms with Crippen molar-refractivity contribution in [2.75, 3.05) is 56.1 Å². The summed E-state index contributed by atoms with van der Waals surface area (Å²) in [6, 6.07) is 17.5. The van der Waals surface area contributed by atoms with Gasteiger partial charge in [0.25, 0.3) is 0 Å². The Hall–Kier alpha value is -6.90. The summed E-state index contributed by atoms with van der Waals surface area (Å²) >= 11 is 0. The first-order valence-electron chi connectivity index (χ1n) is 18.3. The van der Waals surface area contributed by atoms with Crippen molar-refractivity contribution >= 4 is 17.8 Å². The first kappa shape index (κ1) is 38.0. The highest BCUT2D eigenvalue weighted by atomic mass is 16.7. The number of carbonyl (C=O) groups is 2. The van der Waals surface area contributed by atoms with Crippen LogP contribution in [0, 0.1) is 11.8 Å². The van der Waals surface area contributed by atoms with Gasteiger partial charge in [0.15, 0.2) is 51.8 Å². The van der Waals surface area contributed by atoms with Crippen LogP contribution in [0.4, 0.5) is 0 Å². The van der Waals surface area contributed by atoms with Gasteiger partial charge in [-0.2, -0.15) is 0 Å². The van der Waals surface area contributed by atoms with E-state index in [1.54, 1.807) is 82.8 Å². The summed E-state index contributed by atoms with van der Waals surface area (Å²) in [6.07, 6.45) is 4.97. The van der Waals surface area contributed by atoms with E-state index in [9.17, 15) is 9.59 Å². The van der Waals surface area contributed by atoms with Crippen molar-refractivity contribution in [3.8, 4) is 51.7 Å². The van der Waals surface area contributed by atoms with Crippen molar-refractivity contribution in [2.24, 2.45) is 11.8 Å². The van der Waals surface area contributed by atoms with E-state index >= 15 is 0 Å². The molecule has 15 nitrogen and oxygen atoms in total. The third-order valence-corrected chi connectivity index (χ3v) is 10.7. The third-order valence-electron chi connectivity index (χ3n) is 10.7. The predicted octanol–water partition coefficient (Wildman–Crippen LogP) is 6.06. The van der Waals surface area contributed by atoms with Crippen LogP contribution in [-0.2, 0) is 16.1 Å². The second kappa shape index (κ2) is 15.9. The van der Waals surface area contributed by atoms with E-state index in [2.05, 4.69) is 10.3 Å². The molecule has 58 heavy (non-hydrogen) atoms. The molecule has 0 unspecified atom stereocenters. The number of ether oxygens (including phenoxy) is 10. The molecule has 3 aliphatic rings.